The van der Waals surface area contributed by atoms with Crippen molar-refractivity contribution in [2.24, 2.45) is 0 Å². The zero-order valence-electron chi connectivity index (χ0n) is 15.9. The van der Waals surface area contributed by atoms with E-state index in [4.69, 9.17) is 15.2 Å². The Morgan fingerprint density at radius 3 is 2.40 bits per heavy atom. The number of anilines is 1. The van der Waals surface area contributed by atoms with Gasteiger partial charge in [-0.25, -0.2) is 0 Å². The van der Waals surface area contributed by atoms with Gasteiger partial charge in [-0.2, -0.15) is 15.8 Å². The molecule has 0 bridgehead atoms. The minimum Gasteiger partial charge on any atom is -0.493 e. The number of aromatic amines is 1. The summed E-state index contributed by atoms with van der Waals surface area (Å²) < 4.78 is 11.2. The standard InChI is InChI=1S/C22H15N5O3/c1-29-19-8-13(20-16(10-24)21(26)27-22(28)17(20)11-25)6-7-18(19)30-12-15-5-3-2-4-14(15)9-23/h2-8H,12H2,1H3,(H3,26,27,28). The first-order valence-electron chi connectivity index (χ1n) is 8.69. The summed E-state index contributed by atoms with van der Waals surface area (Å²) in [5, 5.41) is 28.1. The molecule has 30 heavy (non-hydrogen) atoms. The molecular formula is C22H15N5O3. The van der Waals surface area contributed by atoms with E-state index in [1.165, 1.54) is 7.11 Å². The summed E-state index contributed by atoms with van der Waals surface area (Å²) in [5.74, 6) is 0.598. The van der Waals surface area contributed by atoms with Gasteiger partial charge in [-0.05, 0) is 23.8 Å². The van der Waals surface area contributed by atoms with E-state index in [2.05, 4.69) is 11.1 Å². The van der Waals surface area contributed by atoms with Crippen LogP contribution < -0.4 is 20.8 Å². The van der Waals surface area contributed by atoms with E-state index in [1.807, 2.05) is 18.2 Å². The van der Waals surface area contributed by atoms with Crippen molar-refractivity contribution in [2.75, 3.05) is 12.8 Å². The van der Waals surface area contributed by atoms with Crippen molar-refractivity contribution in [3.05, 3.63) is 75.1 Å². The third-order valence-electron chi connectivity index (χ3n) is 4.44. The molecule has 0 saturated heterocycles. The summed E-state index contributed by atoms with van der Waals surface area (Å²) in [6.07, 6.45) is 0. The van der Waals surface area contributed by atoms with Crippen LogP contribution >= 0.6 is 0 Å². The molecule has 2 aromatic carbocycles. The lowest BCUT2D eigenvalue weighted by atomic mass is 9.96. The fourth-order valence-electron chi connectivity index (χ4n) is 2.99. The average molecular weight is 397 g/mol. The van der Waals surface area contributed by atoms with Gasteiger partial charge in [-0.15, -0.1) is 0 Å². The van der Waals surface area contributed by atoms with Crippen LogP contribution in [0.25, 0.3) is 11.1 Å². The lowest BCUT2D eigenvalue weighted by Gasteiger charge is -2.14. The molecular weight excluding hydrogens is 382 g/mol. The maximum atomic E-state index is 12.1. The van der Waals surface area contributed by atoms with Gasteiger partial charge < -0.3 is 20.2 Å². The lowest BCUT2D eigenvalue weighted by Crippen LogP contribution is -2.16. The predicted octanol–water partition coefficient (Wildman–Crippen LogP) is 2.83. The molecule has 3 N–H and O–H groups in total. The topological polar surface area (TPSA) is 149 Å². The summed E-state index contributed by atoms with van der Waals surface area (Å²) in [5.41, 5.74) is 6.60. The molecule has 0 amide bonds. The van der Waals surface area contributed by atoms with E-state index >= 15 is 0 Å². The average Bonchev–Trinajstić information content (AvgIpc) is 2.77. The van der Waals surface area contributed by atoms with Crippen LogP contribution in [0.3, 0.4) is 0 Å². The number of benzene rings is 2. The van der Waals surface area contributed by atoms with Gasteiger partial charge in [-0.1, -0.05) is 24.3 Å². The van der Waals surface area contributed by atoms with Crippen LogP contribution in [-0.4, -0.2) is 12.1 Å². The van der Waals surface area contributed by atoms with Crippen molar-refractivity contribution < 1.29 is 9.47 Å². The molecule has 0 aliphatic heterocycles. The number of nitrogens with one attached hydrogen (secondary N) is 1. The molecule has 0 spiro atoms. The van der Waals surface area contributed by atoms with Gasteiger partial charge in [-0.3, -0.25) is 4.79 Å². The molecule has 0 saturated carbocycles. The minimum atomic E-state index is -0.684. The molecule has 8 heteroatoms. The number of H-pyrrole nitrogens is 1. The molecule has 1 aromatic heterocycles. The highest BCUT2D eigenvalue weighted by molar-refractivity contribution is 5.81. The van der Waals surface area contributed by atoms with E-state index < -0.39 is 5.56 Å². The fourth-order valence-corrected chi connectivity index (χ4v) is 2.99. The molecule has 0 aliphatic carbocycles. The van der Waals surface area contributed by atoms with E-state index in [0.29, 0.717) is 28.2 Å². The van der Waals surface area contributed by atoms with E-state index in [1.54, 1.807) is 36.4 Å². The number of nitrogens with two attached hydrogens (primary N) is 1. The fraction of sp³-hybridized carbons (Fsp3) is 0.0909. The Balaban J connectivity index is 2.04. The molecule has 0 fully saturated rings. The quantitative estimate of drug-likeness (QED) is 0.672. The second kappa shape index (κ2) is 8.52. The molecule has 3 aromatic rings. The second-order valence-electron chi connectivity index (χ2n) is 6.14. The number of hydrogen-bond acceptors (Lipinski definition) is 7. The first-order chi connectivity index (χ1) is 14.5. The Bertz CT molecular complexity index is 1310. The number of rotatable bonds is 5. The second-order valence-corrected chi connectivity index (χ2v) is 6.14. The predicted molar refractivity (Wildman–Crippen MR) is 108 cm³/mol. The van der Waals surface area contributed by atoms with Crippen molar-refractivity contribution >= 4 is 5.82 Å². The smallest absolute Gasteiger partial charge is 0.268 e. The first kappa shape index (κ1) is 20.0. The van der Waals surface area contributed by atoms with Crippen LogP contribution in [0, 0.1) is 34.0 Å². The molecule has 0 unspecified atom stereocenters. The minimum absolute atomic E-state index is 0.00943. The highest BCUT2D eigenvalue weighted by Gasteiger charge is 2.19. The normalized spacial score (nSPS) is 9.80. The number of hydrogen-bond donors (Lipinski definition) is 2. The highest BCUT2D eigenvalue weighted by atomic mass is 16.5. The van der Waals surface area contributed by atoms with E-state index in [0.717, 1.165) is 0 Å². The SMILES string of the molecule is COc1cc(-c2c(C#N)c(N)[nH]c(=O)c2C#N)ccc1OCc1ccccc1C#N. The molecule has 0 radical (unpaired) electrons. The van der Waals surface area contributed by atoms with Crippen LogP contribution in [0.4, 0.5) is 5.82 Å². The van der Waals surface area contributed by atoms with Crippen LogP contribution in [-0.2, 0) is 6.61 Å². The zero-order chi connectivity index (χ0) is 21.7. The van der Waals surface area contributed by atoms with Gasteiger partial charge in [0.1, 0.15) is 35.7 Å². The number of methoxy groups -OCH3 is 1. The van der Waals surface area contributed by atoms with Crippen molar-refractivity contribution in [3.63, 3.8) is 0 Å². The van der Waals surface area contributed by atoms with Gasteiger partial charge in [0.25, 0.3) is 5.56 Å². The number of aromatic nitrogens is 1. The van der Waals surface area contributed by atoms with Crippen LogP contribution in [0.1, 0.15) is 22.3 Å². The Kier molecular flexibility index (Phi) is 5.68. The number of nitrogen functional groups attached to an aromatic ring is 1. The number of pyridine rings is 1. The number of nitrogens with zero attached hydrogens (tertiary/aromatic N) is 3. The van der Waals surface area contributed by atoms with E-state index in [9.17, 15) is 20.6 Å². The maximum absolute atomic E-state index is 12.1. The third kappa shape index (κ3) is 3.64. The van der Waals surface area contributed by atoms with Gasteiger partial charge in [0.2, 0.25) is 0 Å². The lowest BCUT2D eigenvalue weighted by molar-refractivity contribution is 0.284. The summed E-state index contributed by atoms with van der Waals surface area (Å²) in [7, 11) is 1.44. The van der Waals surface area contributed by atoms with Crippen molar-refractivity contribution in [1.82, 2.24) is 4.98 Å². The summed E-state index contributed by atoms with van der Waals surface area (Å²) in [6, 6.07) is 17.7. The third-order valence-corrected chi connectivity index (χ3v) is 4.44. The monoisotopic (exact) mass is 397 g/mol. The molecule has 8 nitrogen and oxygen atoms in total. The Labute approximate surface area is 171 Å². The Morgan fingerprint density at radius 2 is 1.73 bits per heavy atom. The molecule has 3 rings (SSSR count). The van der Waals surface area contributed by atoms with Crippen molar-refractivity contribution in [3.8, 4) is 40.8 Å². The van der Waals surface area contributed by atoms with Crippen LogP contribution in [0.5, 0.6) is 11.5 Å². The van der Waals surface area contributed by atoms with Gasteiger partial charge in [0, 0.05) is 11.1 Å². The zero-order valence-corrected chi connectivity index (χ0v) is 15.9. The number of ether oxygens (including phenoxy) is 2. The largest absolute Gasteiger partial charge is 0.493 e. The Morgan fingerprint density at radius 1 is 1.00 bits per heavy atom. The summed E-state index contributed by atoms with van der Waals surface area (Å²) in [4.78, 5) is 14.4. The summed E-state index contributed by atoms with van der Waals surface area (Å²) in [6.45, 7) is 0.143. The number of nitriles is 3. The van der Waals surface area contributed by atoms with Gasteiger partial charge in [0.15, 0.2) is 11.5 Å². The first-order valence-corrected chi connectivity index (χ1v) is 8.69. The molecule has 1 heterocycles. The molecule has 0 aliphatic rings. The maximum Gasteiger partial charge on any atom is 0.268 e. The highest BCUT2D eigenvalue weighted by Crippen LogP contribution is 2.36. The van der Waals surface area contributed by atoms with Gasteiger partial charge >= 0.3 is 0 Å². The molecule has 146 valence electrons. The molecule has 0 atom stereocenters. The summed E-state index contributed by atoms with van der Waals surface area (Å²) >= 11 is 0. The van der Waals surface area contributed by atoms with Crippen LogP contribution in [0.15, 0.2) is 47.3 Å². The Hall–Kier alpha value is -4.74. The van der Waals surface area contributed by atoms with Crippen molar-refractivity contribution in [2.45, 2.75) is 6.61 Å². The van der Waals surface area contributed by atoms with E-state index in [-0.39, 0.29) is 29.1 Å². The van der Waals surface area contributed by atoms with Crippen LogP contribution in [0.2, 0.25) is 0 Å². The van der Waals surface area contributed by atoms with Gasteiger partial charge in [0.05, 0.1) is 18.7 Å². The van der Waals surface area contributed by atoms with Crippen molar-refractivity contribution in [1.29, 1.82) is 15.8 Å².